The number of amides is 1. The monoisotopic (exact) mass is 270 g/mol. The summed E-state index contributed by atoms with van der Waals surface area (Å²) in [5.74, 6) is -0.699. The molecule has 2 N–H and O–H groups in total. The van der Waals surface area contributed by atoms with E-state index in [0.29, 0.717) is 22.8 Å². The fourth-order valence-corrected chi connectivity index (χ4v) is 1.46. The van der Waals surface area contributed by atoms with E-state index in [1.54, 1.807) is 0 Å². The molecule has 18 heavy (non-hydrogen) atoms. The highest BCUT2D eigenvalue weighted by molar-refractivity contribution is 6.33. The number of halogens is 1. The Morgan fingerprint density at radius 3 is 2.72 bits per heavy atom. The van der Waals surface area contributed by atoms with Crippen molar-refractivity contribution in [3.8, 4) is 0 Å². The van der Waals surface area contributed by atoms with Crippen LogP contribution in [0.4, 0.5) is 5.69 Å². The molecule has 0 fully saturated rings. The molecule has 6 heteroatoms. The van der Waals surface area contributed by atoms with E-state index in [1.807, 2.05) is 6.92 Å². The smallest absolute Gasteiger partial charge is 0.337 e. The van der Waals surface area contributed by atoms with E-state index >= 15 is 0 Å². The molecule has 0 unspecified atom stereocenters. The van der Waals surface area contributed by atoms with Crippen molar-refractivity contribution in [2.75, 3.05) is 25.5 Å². The molecule has 0 aromatic heterocycles. The van der Waals surface area contributed by atoms with Crippen LogP contribution in [0.5, 0.6) is 0 Å². The molecule has 0 aliphatic heterocycles. The average molecular weight is 271 g/mol. The van der Waals surface area contributed by atoms with Crippen LogP contribution in [0, 0.1) is 0 Å². The van der Waals surface area contributed by atoms with Crippen molar-refractivity contribution in [1.82, 2.24) is 5.32 Å². The Bertz CT molecular complexity index is 449. The molecule has 0 heterocycles. The lowest BCUT2D eigenvalue weighted by Gasteiger charge is -2.09. The van der Waals surface area contributed by atoms with Gasteiger partial charge in [0.1, 0.15) is 0 Å². The molecule has 0 bridgehead atoms. The summed E-state index contributed by atoms with van der Waals surface area (Å²) >= 11 is 5.93. The first kappa shape index (κ1) is 14.5. The Hall–Kier alpha value is -1.59. The van der Waals surface area contributed by atoms with E-state index in [4.69, 9.17) is 11.6 Å². The minimum absolute atomic E-state index is 0.190. The second kappa shape index (κ2) is 6.98. The minimum atomic E-state index is -0.478. The third-order valence-electron chi connectivity index (χ3n) is 2.20. The number of hydrogen-bond donors (Lipinski definition) is 2. The van der Waals surface area contributed by atoms with Gasteiger partial charge in [-0.3, -0.25) is 4.79 Å². The maximum absolute atomic E-state index is 11.5. The molecule has 1 aromatic carbocycles. The molecule has 0 saturated heterocycles. The summed E-state index contributed by atoms with van der Waals surface area (Å²) in [6.07, 6.45) is 0. The third kappa shape index (κ3) is 4.01. The number of hydrogen-bond acceptors (Lipinski definition) is 4. The van der Waals surface area contributed by atoms with Crippen molar-refractivity contribution in [3.05, 3.63) is 28.8 Å². The molecule has 1 aromatic rings. The highest BCUT2D eigenvalue weighted by Crippen LogP contribution is 2.23. The lowest BCUT2D eigenvalue weighted by atomic mass is 10.2. The number of benzene rings is 1. The molecule has 0 aliphatic rings. The van der Waals surface area contributed by atoms with Gasteiger partial charge in [0.25, 0.3) is 0 Å². The largest absolute Gasteiger partial charge is 0.465 e. The van der Waals surface area contributed by atoms with Crippen molar-refractivity contribution in [3.63, 3.8) is 0 Å². The van der Waals surface area contributed by atoms with Gasteiger partial charge in [-0.05, 0) is 24.7 Å². The Kier molecular flexibility index (Phi) is 5.61. The second-order valence-electron chi connectivity index (χ2n) is 3.51. The van der Waals surface area contributed by atoms with Crippen LogP contribution in [0.3, 0.4) is 0 Å². The number of esters is 1. The fourth-order valence-electron chi connectivity index (χ4n) is 1.30. The van der Waals surface area contributed by atoms with Gasteiger partial charge in [-0.15, -0.1) is 0 Å². The first-order chi connectivity index (χ1) is 8.58. The molecule has 1 rings (SSSR count). The predicted molar refractivity (Wildman–Crippen MR) is 70.0 cm³/mol. The topological polar surface area (TPSA) is 67.4 Å². The summed E-state index contributed by atoms with van der Waals surface area (Å²) in [6.45, 7) is 2.79. The zero-order valence-corrected chi connectivity index (χ0v) is 11.0. The van der Waals surface area contributed by atoms with Crippen LogP contribution >= 0.6 is 11.6 Å². The van der Waals surface area contributed by atoms with E-state index in [9.17, 15) is 9.59 Å². The molecule has 0 radical (unpaired) electrons. The summed E-state index contributed by atoms with van der Waals surface area (Å²) < 4.78 is 4.59. The Balaban J connectivity index is 2.81. The normalized spacial score (nSPS) is 9.94. The van der Waals surface area contributed by atoms with Crippen LogP contribution in [0.1, 0.15) is 17.3 Å². The van der Waals surface area contributed by atoms with E-state index in [2.05, 4.69) is 15.4 Å². The van der Waals surface area contributed by atoms with E-state index < -0.39 is 5.97 Å². The first-order valence-corrected chi connectivity index (χ1v) is 5.84. The SMILES string of the molecule is CCNCC(=O)Nc1cc(C(=O)OC)ccc1Cl. The number of methoxy groups -OCH3 is 1. The van der Waals surface area contributed by atoms with Crippen molar-refractivity contribution in [2.24, 2.45) is 0 Å². The number of rotatable bonds is 5. The third-order valence-corrected chi connectivity index (χ3v) is 2.53. The van der Waals surface area contributed by atoms with Crippen LogP contribution < -0.4 is 10.6 Å². The number of anilines is 1. The quantitative estimate of drug-likeness (QED) is 0.799. The molecule has 5 nitrogen and oxygen atoms in total. The molecule has 0 spiro atoms. The van der Waals surface area contributed by atoms with Crippen LogP contribution in [0.2, 0.25) is 5.02 Å². The van der Waals surface area contributed by atoms with Gasteiger partial charge in [-0.2, -0.15) is 0 Å². The van der Waals surface area contributed by atoms with Gasteiger partial charge in [-0.25, -0.2) is 4.79 Å². The average Bonchev–Trinajstić information content (AvgIpc) is 2.38. The van der Waals surface area contributed by atoms with Crippen molar-refractivity contribution in [2.45, 2.75) is 6.92 Å². The van der Waals surface area contributed by atoms with E-state index in [0.717, 1.165) is 0 Å². The summed E-state index contributed by atoms with van der Waals surface area (Å²) in [5, 5.41) is 5.88. The molecule has 98 valence electrons. The summed E-state index contributed by atoms with van der Waals surface area (Å²) in [6, 6.07) is 4.56. The van der Waals surface area contributed by atoms with E-state index in [-0.39, 0.29) is 12.5 Å². The van der Waals surface area contributed by atoms with E-state index in [1.165, 1.54) is 25.3 Å². The van der Waals surface area contributed by atoms with Gasteiger partial charge in [0.05, 0.1) is 29.9 Å². The standard InChI is InChI=1S/C12H15ClN2O3/c1-3-14-7-11(16)15-10-6-8(12(17)18-2)4-5-9(10)13/h4-6,14H,3,7H2,1-2H3,(H,15,16). The maximum Gasteiger partial charge on any atom is 0.337 e. The Morgan fingerprint density at radius 2 is 2.11 bits per heavy atom. The van der Waals surface area contributed by atoms with Crippen LogP contribution in [-0.4, -0.2) is 32.1 Å². The van der Waals surface area contributed by atoms with Crippen molar-refractivity contribution in [1.29, 1.82) is 0 Å². The molecule has 1 amide bonds. The molecule has 0 aliphatic carbocycles. The number of ether oxygens (including phenoxy) is 1. The van der Waals surface area contributed by atoms with Gasteiger partial charge in [-0.1, -0.05) is 18.5 Å². The number of likely N-dealkylation sites (N-methyl/N-ethyl adjacent to an activating group) is 1. The fraction of sp³-hybridized carbons (Fsp3) is 0.333. The van der Waals surface area contributed by atoms with Crippen molar-refractivity contribution < 1.29 is 14.3 Å². The van der Waals surface area contributed by atoms with Crippen LogP contribution in [0.25, 0.3) is 0 Å². The molecular formula is C12H15ClN2O3. The zero-order valence-electron chi connectivity index (χ0n) is 10.2. The van der Waals surface area contributed by atoms with Gasteiger partial charge < -0.3 is 15.4 Å². The van der Waals surface area contributed by atoms with Crippen molar-refractivity contribution >= 4 is 29.2 Å². The number of carbonyl (C=O) groups excluding carboxylic acids is 2. The predicted octanol–water partition coefficient (Wildman–Crippen LogP) is 1.67. The van der Waals surface area contributed by atoms with Gasteiger partial charge in [0.2, 0.25) is 5.91 Å². The first-order valence-electron chi connectivity index (χ1n) is 5.47. The van der Waals surface area contributed by atoms with Gasteiger partial charge in [0, 0.05) is 0 Å². The molecule has 0 atom stereocenters. The Labute approximate surface area is 110 Å². The number of carbonyl (C=O) groups is 2. The second-order valence-corrected chi connectivity index (χ2v) is 3.92. The van der Waals surface area contributed by atoms with Crippen LogP contribution in [0.15, 0.2) is 18.2 Å². The van der Waals surface area contributed by atoms with Gasteiger partial charge >= 0.3 is 5.97 Å². The lowest BCUT2D eigenvalue weighted by Crippen LogP contribution is -2.27. The Morgan fingerprint density at radius 1 is 1.39 bits per heavy atom. The summed E-state index contributed by atoms with van der Waals surface area (Å²) in [7, 11) is 1.29. The zero-order chi connectivity index (χ0) is 13.5. The molecular weight excluding hydrogens is 256 g/mol. The van der Waals surface area contributed by atoms with Crippen LogP contribution in [-0.2, 0) is 9.53 Å². The highest BCUT2D eigenvalue weighted by atomic mass is 35.5. The summed E-state index contributed by atoms with van der Waals surface area (Å²) in [4.78, 5) is 22.9. The summed E-state index contributed by atoms with van der Waals surface area (Å²) in [5.41, 5.74) is 0.725. The van der Waals surface area contributed by atoms with Gasteiger partial charge in [0.15, 0.2) is 0 Å². The highest BCUT2D eigenvalue weighted by Gasteiger charge is 2.10. The molecule has 0 saturated carbocycles. The maximum atomic E-state index is 11.5. The number of nitrogens with one attached hydrogen (secondary N) is 2. The minimum Gasteiger partial charge on any atom is -0.465 e. The lowest BCUT2D eigenvalue weighted by molar-refractivity contribution is -0.115.